The number of hydrogen-bond donors (Lipinski definition) is 1. The zero-order valence-corrected chi connectivity index (χ0v) is 14.9. The molecular weight excluding hydrogens is 316 g/mol. The van der Waals surface area contributed by atoms with E-state index in [1.807, 2.05) is 17.9 Å². The van der Waals surface area contributed by atoms with Crippen LogP contribution in [0.25, 0.3) is 0 Å². The highest BCUT2D eigenvalue weighted by molar-refractivity contribution is 5.74. The lowest BCUT2D eigenvalue weighted by Crippen LogP contribution is -2.51. The van der Waals surface area contributed by atoms with Crippen LogP contribution in [0.2, 0.25) is 0 Å². The molecule has 1 aromatic heterocycles. The number of nitrogens with zero attached hydrogens (tertiary/aromatic N) is 5. The SMILES string of the molecule is C[C@@H](Cn1cncn1)NC(=O)N1CCC(N(C)c2ccccc2)CC1. The predicted molar refractivity (Wildman–Crippen MR) is 97.5 cm³/mol. The Hall–Kier alpha value is -2.57. The van der Waals surface area contributed by atoms with E-state index in [9.17, 15) is 4.79 Å². The van der Waals surface area contributed by atoms with Crippen molar-refractivity contribution in [1.29, 1.82) is 0 Å². The van der Waals surface area contributed by atoms with Gasteiger partial charge in [0.25, 0.3) is 0 Å². The third-order valence-electron chi connectivity index (χ3n) is 4.76. The molecule has 25 heavy (non-hydrogen) atoms. The van der Waals surface area contributed by atoms with Crippen LogP contribution >= 0.6 is 0 Å². The van der Waals surface area contributed by atoms with Crippen LogP contribution in [0.4, 0.5) is 10.5 Å². The average Bonchev–Trinajstić information content (AvgIpc) is 3.14. The van der Waals surface area contributed by atoms with E-state index in [0.717, 1.165) is 25.9 Å². The van der Waals surface area contributed by atoms with E-state index in [1.54, 1.807) is 11.0 Å². The van der Waals surface area contributed by atoms with Gasteiger partial charge in [0.2, 0.25) is 0 Å². The fourth-order valence-electron chi connectivity index (χ4n) is 3.29. The lowest BCUT2D eigenvalue weighted by Gasteiger charge is -2.38. The molecule has 0 aliphatic carbocycles. The molecule has 1 aliphatic heterocycles. The molecule has 1 aromatic carbocycles. The molecule has 1 aliphatic rings. The van der Waals surface area contributed by atoms with Crippen LogP contribution in [0.5, 0.6) is 0 Å². The summed E-state index contributed by atoms with van der Waals surface area (Å²) in [5, 5.41) is 7.12. The molecule has 1 atom stereocenters. The summed E-state index contributed by atoms with van der Waals surface area (Å²) in [6.07, 6.45) is 5.13. The summed E-state index contributed by atoms with van der Waals surface area (Å²) in [4.78, 5) is 20.6. The van der Waals surface area contributed by atoms with Gasteiger partial charge in [-0.15, -0.1) is 0 Å². The van der Waals surface area contributed by atoms with Crippen molar-refractivity contribution < 1.29 is 4.79 Å². The minimum atomic E-state index is 0.00781. The predicted octanol–water partition coefficient (Wildman–Crippen LogP) is 1.98. The topological polar surface area (TPSA) is 66.3 Å². The van der Waals surface area contributed by atoms with Gasteiger partial charge in [0.1, 0.15) is 12.7 Å². The molecule has 2 heterocycles. The van der Waals surface area contributed by atoms with Crippen molar-refractivity contribution in [1.82, 2.24) is 25.0 Å². The number of benzene rings is 1. The van der Waals surface area contributed by atoms with Gasteiger partial charge in [-0.2, -0.15) is 5.10 Å². The van der Waals surface area contributed by atoms with Crippen LogP contribution in [-0.4, -0.2) is 57.9 Å². The molecule has 2 amide bonds. The van der Waals surface area contributed by atoms with Gasteiger partial charge in [0.05, 0.1) is 6.54 Å². The van der Waals surface area contributed by atoms with E-state index >= 15 is 0 Å². The summed E-state index contributed by atoms with van der Waals surface area (Å²) in [7, 11) is 2.13. The first-order valence-electron chi connectivity index (χ1n) is 8.79. The van der Waals surface area contributed by atoms with Gasteiger partial charge in [0, 0.05) is 37.9 Å². The number of aromatic nitrogens is 3. The quantitative estimate of drug-likeness (QED) is 0.902. The zero-order valence-electron chi connectivity index (χ0n) is 14.9. The third-order valence-corrected chi connectivity index (χ3v) is 4.76. The van der Waals surface area contributed by atoms with Crippen molar-refractivity contribution in [2.24, 2.45) is 0 Å². The van der Waals surface area contributed by atoms with Crippen LogP contribution in [-0.2, 0) is 6.54 Å². The number of likely N-dealkylation sites (tertiary alicyclic amines) is 1. The molecule has 3 rings (SSSR count). The fourth-order valence-corrected chi connectivity index (χ4v) is 3.29. The van der Waals surface area contributed by atoms with Crippen LogP contribution in [0.3, 0.4) is 0 Å². The molecule has 134 valence electrons. The summed E-state index contributed by atoms with van der Waals surface area (Å²) in [6.45, 7) is 4.17. The monoisotopic (exact) mass is 342 g/mol. The first kappa shape index (κ1) is 17.3. The molecular formula is C18H26N6O. The van der Waals surface area contributed by atoms with Gasteiger partial charge in [-0.25, -0.2) is 9.78 Å². The van der Waals surface area contributed by atoms with Crippen LogP contribution in [0, 0.1) is 0 Å². The van der Waals surface area contributed by atoms with E-state index in [-0.39, 0.29) is 12.1 Å². The minimum Gasteiger partial charge on any atom is -0.371 e. The second-order valence-corrected chi connectivity index (χ2v) is 6.63. The second-order valence-electron chi connectivity index (χ2n) is 6.63. The maximum Gasteiger partial charge on any atom is 0.317 e. The standard InChI is InChI=1S/C18H26N6O/c1-15(12-24-14-19-13-20-24)21-18(25)23-10-8-17(9-11-23)22(2)16-6-4-3-5-7-16/h3-7,13-15,17H,8-12H2,1-2H3,(H,21,25)/t15-/m0/s1. The van der Waals surface area contributed by atoms with Crippen molar-refractivity contribution in [2.75, 3.05) is 25.0 Å². The largest absolute Gasteiger partial charge is 0.371 e. The third kappa shape index (κ3) is 4.49. The number of amides is 2. The lowest BCUT2D eigenvalue weighted by atomic mass is 10.0. The van der Waals surface area contributed by atoms with Crippen LogP contribution in [0.1, 0.15) is 19.8 Å². The number of carbonyl (C=O) groups excluding carboxylic acids is 1. The molecule has 0 bridgehead atoms. The first-order chi connectivity index (χ1) is 12.1. The van der Waals surface area contributed by atoms with Crippen molar-refractivity contribution in [2.45, 2.75) is 38.4 Å². The van der Waals surface area contributed by atoms with Gasteiger partial charge >= 0.3 is 6.03 Å². The van der Waals surface area contributed by atoms with E-state index < -0.39 is 0 Å². The number of rotatable bonds is 5. The Morgan fingerprint density at radius 3 is 2.68 bits per heavy atom. The highest BCUT2D eigenvalue weighted by Crippen LogP contribution is 2.21. The second kappa shape index (κ2) is 8.00. The van der Waals surface area contributed by atoms with Crippen molar-refractivity contribution in [3.8, 4) is 0 Å². The summed E-state index contributed by atoms with van der Waals surface area (Å²) in [5.74, 6) is 0. The van der Waals surface area contributed by atoms with Crippen molar-refractivity contribution in [3.05, 3.63) is 43.0 Å². The van der Waals surface area contributed by atoms with Gasteiger partial charge < -0.3 is 15.1 Å². The Kier molecular flexibility index (Phi) is 5.53. The molecule has 1 fully saturated rings. The maximum atomic E-state index is 12.4. The van der Waals surface area contributed by atoms with E-state index in [4.69, 9.17) is 0 Å². The summed E-state index contributed by atoms with van der Waals surface area (Å²) < 4.78 is 1.73. The fraction of sp³-hybridized carbons (Fsp3) is 0.500. The number of carbonyl (C=O) groups is 1. The summed E-state index contributed by atoms with van der Waals surface area (Å²) in [5.41, 5.74) is 1.23. The Labute approximate surface area is 148 Å². The molecule has 0 saturated carbocycles. The summed E-state index contributed by atoms with van der Waals surface area (Å²) >= 11 is 0. The average molecular weight is 342 g/mol. The van der Waals surface area contributed by atoms with Crippen LogP contribution < -0.4 is 10.2 Å². The van der Waals surface area contributed by atoms with Gasteiger partial charge in [-0.05, 0) is 31.9 Å². The molecule has 0 spiro atoms. The lowest BCUT2D eigenvalue weighted by molar-refractivity contribution is 0.176. The van der Waals surface area contributed by atoms with Gasteiger partial charge in [-0.1, -0.05) is 18.2 Å². The zero-order chi connectivity index (χ0) is 17.6. The van der Waals surface area contributed by atoms with Crippen LogP contribution in [0.15, 0.2) is 43.0 Å². The number of hydrogen-bond acceptors (Lipinski definition) is 4. The number of anilines is 1. The number of para-hydroxylation sites is 1. The number of nitrogens with one attached hydrogen (secondary N) is 1. The number of piperidine rings is 1. The van der Waals surface area contributed by atoms with Crippen molar-refractivity contribution >= 4 is 11.7 Å². The molecule has 0 radical (unpaired) electrons. The summed E-state index contributed by atoms with van der Waals surface area (Å²) in [6, 6.07) is 10.9. The molecule has 2 aromatic rings. The molecule has 0 unspecified atom stereocenters. The highest BCUT2D eigenvalue weighted by atomic mass is 16.2. The van der Waals surface area contributed by atoms with E-state index in [1.165, 1.54) is 12.0 Å². The normalized spacial score (nSPS) is 16.5. The Balaban J connectivity index is 1.46. The molecule has 1 N–H and O–H groups in total. The first-order valence-corrected chi connectivity index (χ1v) is 8.79. The van der Waals surface area contributed by atoms with E-state index in [2.05, 4.69) is 51.6 Å². The van der Waals surface area contributed by atoms with E-state index in [0.29, 0.717) is 12.6 Å². The molecule has 7 nitrogen and oxygen atoms in total. The van der Waals surface area contributed by atoms with Gasteiger partial charge in [0.15, 0.2) is 0 Å². The highest BCUT2D eigenvalue weighted by Gasteiger charge is 2.26. The maximum absolute atomic E-state index is 12.4. The van der Waals surface area contributed by atoms with Gasteiger partial charge in [-0.3, -0.25) is 4.68 Å². The molecule has 7 heteroatoms. The Morgan fingerprint density at radius 2 is 2.04 bits per heavy atom. The number of urea groups is 1. The minimum absolute atomic E-state index is 0.00781. The Morgan fingerprint density at radius 1 is 1.32 bits per heavy atom. The Bertz CT molecular complexity index is 651. The van der Waals surface area contributed by atoms with Crippen molar-refractivity contribution in [3.63, 3.8) is 0 Å². The molecule has 1 saturated heterocycles. The smallest absolute Gasteiger partial charge is 0.317 e.